The van der Waals surface area contributed by atoms with Gasteiger partial charge in [0.15, 0.2) is 0 Å². The Morgan fingerprint density at radius 2 is 1.95 bits per heavy atom. The average Bonchev–Trinajstić information content (AvgIpc) is 2.47. The predicted octanol–water partition coefficient (Wildman–Crippen LogP) is 3.31. The summed E-state index contributed by atoms with van der Waals surface area (Å²) in [4.78, 5) is 16.5. The van der Waals surface area contributed by atoms with Crippen LogP contribution >= 0.6 is 0 Å². The summed E-state index contributed by atoms with van der Waals surface area (Å²) < 4.78 is 0. The Balaban J connectivity index is 1.82. The summed E-state index contributed by atoms with van der Waals surface area (Å²) >= 11 is 0. The predicted molar refractivity (Wildman–Crippen MR) is 75.1 cm³/mol. The lowest BCUT2D eigenvalue weighted by atomic mass is 9.79. The van der Waals surface area contributed by atoms with Gasteiger partial charge in [0.25, 0.3) is 0 Å². The first-order valence-electron chi connectivity index (χ1n) is 6.84. The molecule has 0 bridgehead atoms. The molecule has 1 aromatic heterocycles. The van der Waals surface area contributed by atoms with E-state index in [4.69, 9.17) is 0 Å². The SMILES string of the molecule is O=C(Cc1ccncc1)C1CCCc2ccccc21. The number of benzene rings is 1. The van der Waals surface area contributed by atoms with Crippen LogP contribution in [-0.2, 0) is 17.6 Å². The van der Waals surface area contributed by atoms with Gasteiger partial charge in [-0.05, 0) is 48.1 Å². The fraction of sp³-hybridized carbons (Fsp3) is 0.294. The van der Waals surface area contributed by atoms with Crippen LogP contribution in [0.1, 0.15) is 35.4 Å². The summed E-state index contributed by atoms with van der Waals surface area (Å²) in [6.07, 6.45) is 7.22. The lowest BCUT2D eigenvalue weighted by molar-refractivity contribution is -0.120. The van der Waals surface area contributed by atoms with E-state index in [-0.39, 0.29) is 5.92 Å². The molecule has 0 spiro atoms. The smallest absolute Gasteiger partial charge is 0.144 e. The lowest BCUT2D eigenvalue weighted by Gasteiger charge is -2.24. The molecule has 19 heavy (non-hydrogen) atoms. The highest BCUT2D eigenvalue weighted by molar-refractivity contribution is 5.88. The largest absolute Gasteiger partial charge is 0.299 e. The molecule has 1 unspecified atom stereocenters. The third kappa shape index (κ3) is 2.58. The highest BCUT2D eigenvalue weighted by Crippen LogP contribution is 2.32. The monoisotopic (exact) mass is 251 g/mol. The van der Waals surface area contributed by atoms with Crippen molar-refractivity contribution in [1.29, 1.82) is 0 Å². The van der Waals surface area contributed by atoms with Crippen LogP contribution in [0.2, 0.25) is 0 Å². The average molecular weight is 251 g/mol. The van der Waals surface area contributed by atoms with E-state index in [2.05, 4.69) is 23.2 Å². The van der Waals surface area contributed by atoms with Gasteiger partial charge in [-0.15, -0.1) is 0 Å². The molecule has 2 nitrogen and oxygen atoms in total. The van der Waals surface area contributed by atoms with Crippen molar-refractivity contribution < 1.29 is 4.79 Å². The molecule has 0 N–H and O–H groups in total. The van der Waals surface area contributed by atoms with E-state index in [0.29, 0.717) is 12.2 Å². The molecular formula is C17H17NO. The maximum atomic E-state index is 12.5. The second-order valence-corrected chi connectivity index (χ2v) is 5.14. The van der Waals surface area contributed by atoms with Crippen LogP contribution in [0, 0.1) is 0 Å². The second-order valence-electron chi connectivity index (χ2n) is 5.14. The number of carbonyl (C=O) groups excluding carboxylic acids is 1. The second kappa shape index (κ2) is 5.35. The number of ketones is 1. The standard InChI is InChI=1S/C17H17NO/c19-17(12-13-8-10-18-11-9-13)16-7-3-5-14-4-1-2-6-15(14)16/h1-2,4,6,8-11,16H,3,5,7,12H2. The van der Waals surface area contributed by atoms with Crippen LogP contribution in [0.5, 0.6) is 0 Å². The minimum atomic E-state index is 0.0816. The number of nitrogens with zero attached hydrogens (tertiary/aromatic N) is 1. The number of carbonyl (C=O) groups is 1. The van der Waals surface area contributed by atoms with Crippen LogP contribution in [0.25, 0.3) is 0 Å². The number of pyridine rings is 1. The van der Waals surface area contributed by atoms with Crippen molar-refractivity contribution in [2.24, 2.45) is 0 Å². The van der Waals surface area contributed by atoms with Gasteiger partial charge < -0.3 is 0 Å². The first-order chi connectivity index (χ1) is 9.34. The van der Waals surface area contributed by atoms with Crippen molar-refractivity contribution >= 4 is 5.78 Å². The molecule has 0 radical (unpaired) electrons. The molecule has 1 atom stereocenters. The Bertz CT molecular complexity index is 577. The van der Waals surface area contributed by atoms with Crippen LogP contribution in [0.15, 0.2) is 48.8 Å². The number of fused-ring (bicyclic) bond motifs is 1. The summed E-state index contributed by atoms with van der Waals surface area (Å²) in [5.41, 5.74) is 3.65. The van der Waals surface area contributed by atoms with E-state index in [0.717, 1.165) is 24.8 Å². The summed E-state index contributed by atoms with van der Waals surface area (Å²) in [5, 5.41) is 0. The number of aromatic nitrogens is 1. The molecule has 0 aliphatic heterocycles. The van der Waals surface area contributed by atoms with Crippen molar-refractivity contribution in [1.82, 2.24) is 4.98 Å². The molecule has 2 aromatic rings. The van der Waals surface area contributed by atoms with Crippen LogP contribution < -0.4 is 0 Å². The van der Waals surface area contributed by atoms with Gasteiger partial charge in [0.2, 0.25) is 0 Å². The first-order valence-corrected chi connectivity index (χ1v) is 6.84. The van der Waals surface area contributed by atoms with Gasteiger partial charge in [-0.3, -0.25) is 9.78 Å². The fourth-order valence-corrected chi connectivity index (χ4v) is 2.91. The number of rotatable bonds is 3. The van der Waals surface area contributed by atoms with Crippen molar-refractivity contribution in [3.8, 4) is 0 Å². The third-order valence-electron chi connectivity index (χ3n) is 3.89. The molecule has 0 amide bonds. The van der Waals surface area contributed by atoms with Gasteiger partial charge in [-0.25, -0.2) is 0 Å². The van der Waals surface area contributed by atoms with Crippen molar-refractivity contribution in [3.05, 3.63) is 65.5 Å². The van der Waals surface area contributed by atoms with Crippen LogP contribution in [0.3, 0.4) is 0 Å². The number of Topliss-reactive ketones (excluding diaryl/α,β-unsaturated/α-hetero) is 1. The minimum absolute atomic E-state index is 0.0816. The van der Waals surface area contributed by atoms with Gasteiger partial charge in [0, 0.05) is 24.7 Å². The summed E-state index contributed by atoms with van der Waals surface area (Å²) in [6.45, 7) is 0. The third-order valence-corrected chi connectivity index (χ3v) is 3.89. The number of hydrogen-bond acceptors (Lipinski definition) is 2. The molecule has 0 saturated heterocycles. The fourth-order valence-electron chi connectivity index (χ4n) is 2.91. The number of hydrogen-bond donors (Lipinski definition) is 0. The van der Waals surface area contributed by atoms with E-state index >= 15 is 0 Å². The van der Waals surface area contributed by atoms with E-state index < -0.39 is 0 Å². The number of aryl methyl sites for hydroxylation is 1. The molecule has 3 rings (SSSR count). The van der Waals surface area contributed by atoms with Gasteiger partial charge in [0.1, 0.15) is 5.78 Å². The molecule has 1 heterocycles. The summed E-state index contributed by atoms with van der Waals surface area (Å²) in [6, 6.07) is 12.2. The first kappa shape index (κ1) is 12.1. The molecule has 0 saturated carbocycles. The van der Waals surface area contributed by atoms with E-state index in [1.165, 1.54) is 11.1 Å². The summed E-state index contributed by atoms with van der Waals surface area (Å²) in [7, 11) is 0. The van der Waals surface area contributed by atoms with E-state index in [9.17, 15) is 4.79 Å². The zero-order valence-corrected chi connectivity index (χ0v) is 10.9. The van der Waals surface area contributed by atoms with Crippen molar-refractivity contribution in [2.45, 2.75) is 31.6 Å². The zero-order chi connectivity index (χ0) is 13.1. The van der Waals surface area contributed by atoms with Gasteiger partial charge >= 0.3 is 0 Å². The lowest BCUT2D eigenvalue weighted by Crippen LogP contribution is -2.20. The van der Waals surface area contributed by atoms with Gasteiger partial charge in [-0.2, -0.15) is 0 Å². The van der Waals surface area contributed by atoms with E-state index in [1.54, 1.807) is 12.4 Å². The quantitative estimate of drug-likeness (QED) is 0.837. The molecule has 1 aliphatic carbocycles. The van der Waals surface area contributed by atoms with Gasteiger partial charge in [-0.1, -0.05) is 24.3 Å². The maximum absolute atomic E-state index is 12.5. The Morgan fingerprint density at radius 1 is 1.16 bits per heavy atom. The van der Waals surface area contributed by atoms with Gasteiger partial charge in [0.05, 0.1) is 0 Å². The molecular weight excluding hydrogens is 234 g/mol. The normalized spacial score (nSPS) is 17.8. The Labute approximate surface area is 113 Å². The zero-order valence-electron chi connectivity index (χ0n) is 10.9. The minimum Gasteiger partial charge on any atom is -0.299 e. The van der Waals surface area contributed by atoms with Crippen molar-refractivity contribution in [3.63, 3.8) is 0 Å². The molecule has 96 valence electrons. The van der Waals surface area contributed by atoms with Crippen molar-refractivity contribution in [2.75, 3.05) is 0 Å². The highest BCUT2D eigenvalue weighted by Gasteiger charge is 2.25. The van der Waals surface area contributed by atoms with Crippen LogP contribution in [0.4, 0.5) is 0 Å². The Hall–Kier alpha value is -1.96. The summed E-state index contributed by atoms with van der Waals surface area (Å²) in [5.74, 6) is 0.413. The molecule has 2 heteroatoms. The highest BCUT2D eigenvalue weighted by atomic mass is 16.1. The van der Waals surface area contributed by atoms with Crippen LogP contribution in [-0.4, -0.2) is 10.8 Å². The topological polar surface area (TPSA) is 30.0 Å². The Morgan fingerprint density at radius 3 is 2.79 bits per heavy atom. The molecule has 1 aromatic carbocycles. The molecule has 0 fully saturated rings. The maximum Gasteiger partial charge on any atom is 0.144 e. The Kier molecular flexibility index (Phi) is 3.41. The molecule has 1 aliphatic rings. The van der Waals surface area contributed by atoms with E-state index in [1.807, 2.05) is 18.2 Å².